The molecule has 1 aromatic rings. The van der Waals surface area contributed by atoms with E-state index in [1.165, 1.54) is 11.1 Å². The molecule has 0 aliphatic carbocycles. The van der Waals surface area contributed by atoms with E-state index in [9.17, 15) is 0 Å². The van der Waals surface area contributed by atoms with Crippen LogP contribution in [-0.2, 0) is 0 Å². The van der Waals surface area contributed by atoms with Gasteiger partial charge >= 0.3 is 0 Å². The average Bonchev–Trinajstić information content (AvgIpc) is 2.32. The van der Waals surface area contributed by atoms with Crippen LogP contribution in [0.25, 0.3) is 0 Å². The predicted molar refractivity (Wildman–Crippen MR) is 86.7 cm³/mol. The molecule has 0 saturated carbocycles. The van der Waals surface area contributed by atoms with Crippen molar-refractivity contribution in [1.82, 2.24) is 0 Å². The zero-order valence-corrected chi connectivity index (χ0v) is 14.4. The summed E-state index contributed by atoms with van der Waals surface area (Å²) >= 11 is 6.27. The second kappa shape index (κ2) is 8.47. The third-order valence-corrected chi connectivity index (χ3v) is 3.04. The molecule has 0 aliphatic rings. The highest BCUT2D eigenvalue weighted by Crippen LogP contribution is 2.35. The van der Waals surface area contributed by atoms with E-state index >= 15 is 0 Å². The van der Waals surface area contributed by atoms with E-state index in [2.05, 4.69) is 39.8 Å². The molecule has 0 saturated heterocycles. The molecule has 0 atom stereocenters. The summed E-state index contributed by atoms with van der Waals surface area (Å²) in [6, 6.07) is 4.15. The van der Waals surface area contributed by atoms with Gasteiger partial charge < -0.3 is 4.74 Å². The number of halogens is 1. The van der Waals surface area contributed by atoms with Crippen molar-refractivity contribution in [3.8, 4) is 5.75 Å². The molecule has 0 spiro atoms. The second-order valence-corrected chi connectivity index (χ2v) is 5.79. The maximum atomic E-state index is 6.27. The summed E-state index contributed by atoms with van der Waals surface area (Å²) in [6.07, 6.45) is 0.150. The largest absolute Gasteiger partial charge is 0.489 e. The highest BCUT2D eigenvalue weighted by molar-refractivity contribution is 6.32. The van der Waals surface area contributed by atoms with Crippen molar-refractivity contribution in [2.24, 2.45) is 0 Å². The number of hydrogen-bond donors (Lipinski definition) is 0. The highest BCUT2D eigenvalue weighted by Gasteiger charge is 2.15. The van der Waals surface area contributed by atoms with Crippen molar-refractivity contribution < 1.29 is 4.74 Å². The van der Waals surface area contributed by atoms with Gasteiger partial charge in [-0.3, -0.25) is 0 Å². The van der Waals surface area contributed by atoms with Crippen LogP contribution in [0.5, 0.6) is 5.75 Å². The standard InChI is InChI=1S/C15H23ClO.C2H6/c1-9(2)12-7-14(16)15(17-11(5)6)8-13(12)10(3)4;1-2/h7-11H,1-6H3;1-2H3. The molecule has 2 heteroatoms. The van der Waals surface area contributed by atoms with E-state index in [0.29, 0.717) is 16.9 Å². The first-order valence-corrected chi connectivity index (χ1v) is 7.70. The Bertz CT molecular complexity index is 381. The minimum Gasteiger partial charge on any atom is -0.489 e. The molecule has 0 aromatic heterocycles. The van der Waals surface area contributed by atoms with Crippen LogP contribution in [0.2, 0.25) is 5.02 Å². The van der Waals surface area contributed by atoms with Gasteiger partial charge in [-0.2, -0.15) is 0 Å². The van der Waals surface area contributed by atoms with Gasteiger partial charge in [0.1, 0.15) is 5.75 Å². The van der Waals surface area contributed by atoms with Gasteiger partial charge in [-0.15, -0.1) is 0 Å². The second-order valence-electron chi connectivity index (χ2n) is 5.39. The maximum absolute atomic E-state index is 6.27. The first-order valence-electron chi connectivity index (χ1n) is 7.32. The lowest BCUT2D eigenvalue weighted by molar-refractivity contribution is 0.242. The molecule has 0 radical (unpaired) electrons. The van der Waals surface area contributed by atoms with Crippen LogP contribution in [0.15, 0.2) is 12.1 Å². The van der Waals surface area contributed by atoms with Gasteiger partial charge in [0.15, 0.2) is 0 Å². The Morgan fingerprint density at radius 2 is 1.26 bits per heavy atom. The van der Waals surface area contributed by atoms with Crippen LogP contribution in [0.1, 0.15) is 78.4 Å². The molecule has 0 aliphatic heterocycles. The monoisotopic (exact) mass is 284 g/mol. The third-order valence-electron chi connectivity index (χ3n) is 2.74. The number of rotatable bonds is 4. The highest BCUT2D eigenvalue weighted by atomic mass is 35.5. The quantitative estimate of drug-likeness (QED) is 0.621. The third kappa shape index (κ3) is 5.44. The lowest BCUT2D eigenvalue weighted by Crippen LogP contribution is -2.08. The minimum atomic E-state index is 0.150. The van der Waals surface area contributed by atoms with Gasteiger partial charge in [0, 0.05) is 0 Å². The summed E-state index contributed by atoms with van der Waals surface area (Å²) in [5.41, 5.74) is 2.65. The molecular weight excluding hydrogens is 256 g/mol. The van der Waals surface area contributed by atoms with Crippen molar-refractivity contribution in [3.63, 3.8) is 0 Å². The molecule has 1 aromatic carbocycles. The molecule has 0 amide bonds. The maximum Gasteiger partial charge on any atom is 0.138 e. The number of hydrogen-bond acceptors (Lipinski definition) is 1. The van der Waals surface area contributed by atoms with Gasteiger partial charge in [0.25, 0.3) is 0 Å². The Labute approximate surface area is 124 Å². The molecule has 19 heavy (non-hydrogen) atoms. The molecule has 110 valence electrons. The van der Waals surface area contributed by atoms with Crippen LogP contribution >= 0.6 is 11.6 Å². The zero-order valence-electron chi connectivity index (χ0n) is 13.7. The molecule has 1 nitrogen and oxygen atoms in total. The Morgan fingerprint density at radius 1 is 0.842 bits per heavy atom. The Kier molecular flexibility index (Phi) is 8.17. The molecular formula is C17H29ClO. The topological polar surface area (TPSA) is 9.23 Å². The molecule has 0 fully saturated rings. The van der Waals surface area contributed by atoms with E-state index in [4.69, 9.17) is 16.3 Å². The normalized spacial score (nSPS) is 10.7. The summed E-state index contributed by atoms with van der Waals surface area (Å²) in [7, 11) is 0. The van der Waals surface area contributed by atoms with Crippen LogP contribution in [0.4, 0.5) is 0 Å². The van der Waals surface area contributed by atoms with Crippen LogP contribution < -0.4 is 4.74 Å². The first kappa shape index (κ1) is 18.3. The van der Waals surface area contributed by atoms with Crippen molar-refractivity contribution in [3.05, 3.63) is 28.3 Å². The van der Waals surface area contributed by atoms with E-state index < -0.39 is 0 Å². The summed E-state index contributed by atoms with van der Waals surface area (Å²) in [5.74, 6) is 1.77. The van der Waals surface area contributed by atoms with Crippen molar-refractivity contribution in [2.75, 3.05) is 0 Å². The smallest absolute Gasteiger partial charge is 0.138 e. The number of benzene rings is 1. The average molecular weight is 285 g/mol. The fourth-order valence-corrected chi connectivity index (χ4v) is 2.15. The predicted octanol–water partition coefficient (Wildman–Crippen LogP) is 6.40. The number of ether oxygens (including phenoxy) is 1. The molecule has 0 heterocycles. The lowest BCUT2D eigenvalue weighted by atomic mass is 9.90. The molecule has 0 N–H and O–H groups in total. The van der Waals surface area contributed by atoms with E-state index in [0.717, 1.165) is 5.75 Å². The van der Waals surface area contributed by atoms with Gasteiger partial charge in [0.2, 0.25) is 0 Å². The molecule has 0 unspecified atom stereocenters. The Morgan fingerprint density at radius 3 is 1.63 bits per heavy atom. The summed E-state index contributed by atoms with van der Waals surface area (Å²) in [4.78, 5) is 0. The van der Waals surface area contributed by atoms with E-state index in [1.807, 2.05) is 27.7 Å². The fraction of sp³-hybridized carbons (Fsp3) is 0.647. The minimum absolute atomic E-state index is 0.150. The van der Waals surface area contributed by atoms with E-state index in [-0.39, 0.29) is 6.10 Å². The van der Waals surface area contributed by atoms with Crippen molar-refractivity contribution >= 4 is 11.6 Å². The van der Waals surface area contributed by atoms with Crippen molar-refractivity contribution in [1.29, 1.82) is 0 Å². The summed E-state index contributed by atoms with van der Waals surface area (Å²) < 4.78 is 5.74. The summed E-state index contributed by atoms with van der Waals surface area (Å²) in [5, 5.41) is 0.715. The summed E-state index contributed by atoms with van der Waals surface area (Å²) in [6.45, 7) is 16.8. The molecule has 1 rings (SSSR count). The lowest BCUT2D eigenvalue weighted by Gasteiger charge is -2.20. The van der Waals surface area contributed by atoms with Crippen LogP contribution in [-0.4, -0.2) is 6.10 Å². The van der Waals surface area contributed by atoms with Gasteiger partial charge in [-0.05, 0) is 48.9 Å². The van der Waals surface area contributed by atoms with Gasteiger partial charge in [-0.25, -0.2) is 0 Å². The van der Waals surface area contributed by atoms with Crippen molar-refractivity contribution in [2.45, 2.75) is 73.3 Å². The van der Waals surface area contributed by atoms with E-state index in [1.54, 1.807) is 0 Å². The zero-order chi connectivity index (χ0) is 15.2. The first-order chi connectivity index (χ1) is 8.82. The Hall–Kier alpha value is -0.690. The fourth-order valence-electron chi connectivity index (χ4n) is 1.93. The van der Waals surface area contributed by atoms with Gasteiger partial charge in [0.05, 0.1) is 11.1 Å². The van der Waals surface area contributed by atoms with Gasteiger partial charge in [-0.1, -0.05) is 53.1 Å². The van der Waals surface area contributed by atoms with Crippen LogP contribution in [0, 0.1) is 0 Å². The van der Waals surface area contributed by atoms with Crippen LogP contribution in [0.3, 0.4) is 0 Å². The SMILES string of the molecule is CC.CC(C)Oc1cc(C(C)C)c(C(C)C)cc1Cl. The Balaban J connectivity index is 0.00000154. The molecule has 0 bridgehead atoms.